The topological polar surface area (TPSA) is 133 Å². The van der Waals surface area contributed by atoms with Gasteiger partial charge in [-0.2, -0.15) is 0 Å². The lowest BCUT2D eigenvalue weighted by atomic mass is 10.2. The molecule has 0 heterocycles. The number of aliphatic hydroxyl groups excluding tert-OH is 4. The van der Waals surface area contributed by atoms with Crippen molar-refractivity contribution in [3.8, 4) is 0 Å². The number of hydrogen-bond donors (Lipinski definition) is 6. The zero-order valence-corrected chi connectivity index (χ0v) is 10.1. The van der Waals surface area contributed by atoms with E-state index in [1.165, 1.54) is 0 Å². The van der Waals surface area contributed by atoms with E-state index in [-0.39, 0.29) is 25.3 Å². The summed E-state index contributed by atoms with van der Waals surface area (Å²) in [6.45, 7) is 3.20. The first-order chi connectivity index (χ1) is 7.33. The van der Waals surface area contributed by atoms with E-state index in [0.29, 0.717) is 12.8 Å². The Bertz CT molecular complexity index is 129. The van der Waals surface area contributed by atoms with Crippen LogP contribution in [0.25, 0.3) is 0 Å². The molecule has 0 saturated carbocycles. The van der Waals surface area contributed by atoms with Crippen LogP contribution in [0.4, 0.5) is 0 Å². The Morgan fingerprint density at radius 2 is 1.06 bits per heavy atom. The van der Waals surface area contributed by atoms with Crippen molar-refractivity contribution in [1.82, 2.24) is 0 Å². The second-order valence-corrected chi connectivity index (χ2v) is 4.10. The van der Waals surface area contributed by atoms with Crippen LogP contribution in [0.15, 0.2) is 0 Å². The molecule has 4 atom stereocenters. The molecule has 100 valence electrons. The summed E-state index contributed by atoms with van der Waals surface area (Å²) in [4.78, 5) is 0. The molecule has 0 aliphatic rings. The molecule has 4 unspecified atom stereocenters. The van der Waals surface area contributed by atoms with Crippen molar-refractivity contribution in [3.05, 3.63) is 0 Å². The van der Waals surface area contributed by atoms with Gasteiger partial charge in [-0.05, 0) is 26.7 Å². The third-order valence-electron chi connectivity index (χ3n) is 1.71. The highest BCUT2D eigenvalue weighted by atomic mass is 16.3. The lowest BCUT2D eigenvalue weighted by Gasteiger charge is -2.08. The van der Waals surface area contributed by atoms with Crippen LogP contribution >= 0.6 is 0 Å². The maximum absolute atomic E-state index is 8.70. The van der Waals surface area contributed by atoms with Crippen LogP contribution < -0.4 is 11.5 Å². The third-order valence-corrected chi connectivity index (χ3v) is 1.71. The normalized spacial score (nSPS) is 18.0. The molecule has 0 bridgehead atoms. The van der Waals surface area contributed by atoms with Crippen molar-refractivity contribution in [3.63, 3.8) is 0 Å². The van der Waals surface area contributed by atoms with Gasteiger partial charge < -0.3 is 31.9 Å². The highest BCUT2D eigenvalue weighted by molar-refractivity contribution is 4.60. The molecular weight excluding hydrogens is 212 g/mol. The van der Waals surface area contributed by atoms with Gasteiger partial charge in [0.1, 0.15) is 0 Å². The Morgan fingerprint density at radius 1 is 0.812 bits per heavy atom. The molecule has 0 saturated heterocycles. The molecule has 0 rings (SSSR count). The quantitative estimate of drug-likeness (QED) is 0.322. The fourth-order valence-corrected chi connectivity index (χ4v) is 1.01. The molecule has 0 fully saturated rings. The monoisotopic (exact) mass is 238 g/mol. The summed E-state index contributed by atoms with van der Waals surface area (Å²) < 4.78 is 0. The predicted molar refractivity (Wildman–Crippen MR) is 62.7 cm³/mol. The first kappa shape index (κ1) is 18.1. The van der Waals surface area contributed by atoms with Crippen LogP contribution in [0.1, 0.15) is 26.7 Å². The van der Waals surface area contributed by atoms with Crippen molar-refractivity contribution in [2.24, 2.45) is 11.5 Å². The fourth-order valence-electron chi connectivity index (χ4n) is 1.01. The Kier molecular flexibility index (Phi) is 12.8. The van der Waals surface area contributed by atoms with E-state index in [9.17, 15) is 0 Å². The van der Waals surface area contributed by atoms with Crippen molar-refractivity contribution in [2.45, 2.75) is 51.0 Å². The lowest BCUT2D eigenvalue weighted by molar-refractivity contribution is 0.0839. The zero-order valence-electron chi connectivity index (χ0n) is 10.1. The molecule has 16 heavy (non-hydrogen) atoms. The minimum Gasteiger partial charge on any atom is -0.394 e. The van der Waals surface area contributed by atoms with Gasteiger partial charge in [-0.25, -0.2) is 0 Å². The van der Waals surface area contributed by atoms with Crippen molar-refractivity contribution >= 4 is 0 Å². The van der Waals surface area contributed by atoms with Gasteiger partial charge >= 0.3 is 0 Å². The molecule has 0 aliphatic carbocycles. The lowest BCUT2D eigenvalue weighted by Crippen LogP contribution is -2.24. The van der Waals surface area contributed by atoms with Crippen LogP contribution in [-0.4, -0.2) is 57.9 Å². The van der Waals surface area contributed by atoms with E-state index in [0.717, 1.165) is 0 Å². The summed E-state index contributed by atoms with van der Waals surface area (Å²) in [5, 5.41) is 34.0. The molecule has 0 aromatic heterocycles. The number of rotatable bonds is 6. The summed E-state index contributed by atoms with van der Waals surface area (Å²) in [5.41, 5.74) is 10.6. The molecule has 6 heteroatoms. The summed E-state index contributed by atoms with van der Waals surface area (Å²) >= 11 is 0. The van der Waals surface area contributed by atoms with E-state index in [4.69, 9.17) is 31.9 Å². The Labute approximate surface area is 96.9 Å². The van der Waals surface area contributed by atoms with E-state index in [1.54, 1.807) is 13.8 Å². The minimum absolute atomic E-state index is 0.0304. The number of aliphatic hydroxyl groups is 4. The SMILES string of the molecule is CC(N)CC(O)CO.CC(N)CC(O)CO. The standard InChI is InChI=1S/2C5H13NO2/c2*1-4(6)2-5(8)3-7/h2*4-5,7-8H,2-3,6H2,1H3. The van der Waals surface area contributed by atoms with Gasteiger partial charge in [0.25, 0.3) is 0 Å². The highest BCUT2D eigenvalue weighted by Crippen LogP contribution is 1.92. The molecule has 0 aromatic rings. The Hall–Kier alpha value is -0.240. The zero-order chi connectivity index (χ0) is 13.1. The van der Waals surface area contributed by atoms with Crippen molar-refractivity contribution in [1.29, 1.82) is 0 Å². The third kappa shape index (κ3) is 16.2. The van der Waals surface area contributed by atoms with Crippen LogP contribution in [0, 0.1) is 0 Å². The minimum atomic E-state index is -0.644. The van der Waals surface area contributed by atoms with Crippen LogP contribution in [0.3, 0.4) is 0 Å². The van der Waals surface area contributed by atoms with Crippen LogP contribution in [0.5, 0.6) is 0 Å². The van der Waals surface area contributed by atoms with Gasteiger partial charge in [-0.1, -0.05) is 0 Å². The summed E-state index contributed by atoms with van der Waals surface area (Å²) in [6, 6.07) is -0.0608. The molecule has 8 N–H and O–H groups in total. The molecule has 0 aromatic carbocycles. The molecule has 0 aliphatic heterocycles. The highest BCUT2D eigenvalue weighted by Gasteiger charge is 2.03. The van der Waals surface area contributed by atoms with Gasteiger partial charge in [0.05, 0.1) is 25.4 Å². The van der Waals surface area contributed by atoms with Crippen molar-refractivity contribution < 1.29 is 20.4 Å². The Morgan fingerprint density at radius 3 is 1.12 bits per heavy atom. The fraction of sp³-hybridized carbons (Fsp3) is 1.00. The van der Waals surface area contributed by atoms with E-state index >= 15 is 0 Å². The van der Waals surface area contributed by atoms with E-state index in [2.05, 4.69) is 0 Å². The first-order valence-electron chi connectivity index (χ1n) is 5.42. The summed E-state index contributed by atoms with van der Waals surface area (Å²) in [7, 11) is 0. The van der Waals surface area contributed by atoms with Crippen LogP contribution in [0.2, 0.25) is 0 Å². The predicted octanol–water partition coefficient (Wildman–Crippen LogP) is -1.85. The average molecular weight is 238 g/mol. The smallest absolute Gasteiger partial charge is 0.0785 e. The van der Waals surface area contributed by atoms with E-state index < -0.39 is 12.2 Å². The first-order valence-corrected chi connectivity index (χ1v) is 5.42. The summed E-state index contributed by atoms with van der Waals surface area (Å²) in [5.74, 6) is 0. The van der Waals surface area contributed by atoms with Gasteiger partial charge in [-0.15, -0.1) is 0 Å². The van der Waals surface area contributed by atoms with E-state index in [1.807, 2.05) is 0 Å². The maximum Gasteiger partial charge on any atom is 0.0785 e. The molecule has 0 radical (unpaired) electrons. The molecular formula is C10H26N2O4. The molecule has 0 spiro atoms. The number of hydrogen-bond acceptors (Lipinski definition) is 6. The largest absolute Gasteiger partial charge is 0.394 e. The molecule has 0 amide bonds. The molecule has 6 nitrogen and oxygen atoms in total. The number of nitrogens with two attached hydrogens (primary N) is 2. The maximum atomic E-state index is 8.70. The van der Waals surface area contributed by atoms with Gasteiger partial charge in [0.15, 0.2) is 0 Å². The van der Waals surface area contributed by atoms with Gasteiger partial charge in [0, 0.05) is 12.1 Å². The van der Waals surface area contributed by atoms with Crippen molar-refractivity contribution in [2.75, 3.05) is 13.2 Å². The average Bonchev–Trinajstić information content (AvgIpc) is 2.16. The Balaban J connectivity index is 0. The van der Waals surface area contributed by atoms with Crippen LogP contribution in [-0.2, 0) is 0 Å². The van der Waals surface area contributed by atoms with Gasteiger partial charge in [0.2, 0.25) is 0 Å². The second kappa shape index (κ2) is 11.3. The summed E-state index contributed by atoms with van der Waals surface area (Å²) in [6.07, 6.45) is -0.350. The van der Waals surface area contributed by atoms with Gasteiger partial charge in [-0.3, -0.25) is 0 Å². The second-order valence-electron chi connectivity index (χ2n) is 4.10.